The molecule has 1 heterocycles. The van der Waals surface area contributed by atoms with Crippen molar-refractivity contribution in [1.29, 1.82) is 0 Å². The summed E-state index contributed by atoms with van der Waals surface area (Å²) in [5, 5.41) is 15.0. The van der Waals surface area contributed by atoms with Crippen LogP contribution in [0.15, 0.2) is 18.3 Å². The van der Waals surface area contributed by atoms with Crippen molar-refractivity contribution in [1.82, 2.24) is 10.3 Å². The summed E-state index contributed by atoms with van der Waals surface area (Å²) >= 11 is 0. The number of aromatic nitrogens is 1. The lowest BCUT2D eigenvalue weighted by Crippen LogP contribution is -2.38. The molecular weight excluding hydrogens is 242 g/mol. The number of aliphatic hydroxyl groups excluding tert-OH is 1. The van der Waals surface area contributed by atoms with E-state index in [2.05, 4.69) is 15.6 Å². The molecule has 0 spiro atoms. The average molecular weight is 263 g/mol. The van der Waals surface area contributed by atoms with E-state index in [9.17, 15) is 4.79 Å². The molecule has 0 radical (unpaired) electrons. The van der Waals surface area contributed by atoms with Gasteiger partial charge in [0, 0.05) is 25.9 Å². The summed E-state index contributed by atoms with van der Waals surface area (Å²) in [6.07, 6.45) is 5.44. The van der Waals surface area contributed by atoms with Crippen LogP contribution in [-0.4, -0.2) is 35.7 Å². The molecule has 2 rings (SSSR count). The van der Waals surface area contributed by atoms with Crippen LogP contribution >= 0.6 is 0 Å². The second-order valence-electron chi connectivity index (χ2n) is 5.06. The van der Waals surface area contributed by atoms with Gasteiger partial charge in [-0.2, -0.15) is 0 Å². The molecule has 5 heteroatoms. The van der Waals surface area contributed by atoms with E-state index in [4.69, 9.17) is 5.11 Å². The number of pyridine rings is 1. The van der Waals surface area contributed by atoms with Crippen molar-refractivity contribution in [3.8, 4) is 0 Å². The van der Waals surface area contributed by atoms with Crippen molar-refractivity contribution in [2.45, 2.75) is 31.7 Å². The molecule has 3 N–H and O–H groups in total. The van der Waals surface area contributed by atoms with Crippen molar-refractivity contribution in [3.63, 3.8) is 0 Å². The molecule has 1 aromatic rings. The van der Waals surface area contributed by atoms with Gasteiger partial charge >= 0.3 is 0 Å². The summed E-state index contributed by atoms with van der Waals surface area (Å²) in [4.78, 5) is 16.2. The minimum atomic E-state index is -0.0670. The normalized spacial score (nSPS) is 22.8. The van der Waals surface area contributed by atoms with Gasteiger partial charge < -0.3 is 15.7 Å². The molecule has 0 bridgehead atoms. The topological polar surface area (TPSA) is 74.2 Å². The van der Waals surface area contributed by atoms with E-state index >= 15 is 0 Å². The molecule has 1 aromatic heterocycles. The van der Waals surface area contributed by atoms with Crippen LogP contribution in [0.2, 0.25) is 0 Å². The molecule has 0 atom stereocenters. The molecule has 1 fully saturated rings. The van der Waals surface area contributed by atoms with E-state index in [1.165, 1.54) is 0 Å². The summed E-state index contributed by atoms with van der Waals surface area (Å²) in [6, 6.07) is 3.78. The van der Waals surface area contributed by atoms with E-state index in [1.807, 2.05) is 0 Å². The van der Waals surface area contributed by atoms with Gasteiger partial charge in [-0.1, -0.05) is 0 Å². The number of hydrogen-bond donors (Lipinski definition) is 3. The number of anilines is 1. The second-order valence-corrected chi connectivity index (χ2v) is 5.06. The Labute approximate surface area is 113 Å². The van der Waals surface area contributed by atoms with Crippen LogP contribution < -0.4 is 10.6 Å². The Kier molecular flexibility index (Phi) is 4.74. The van der Waals surface area contributed by atoms with Crippen LogP contribution in [0.1, 0.15) is 36.0 Å². The Hall–Kier alpha value is -1.62. The molecule has 1 saturated carbocycles. The highest BCUT2D eigenvalue weighted by atomic mass is 16.3. The first-order chi connectivity index (χ1) is 9.22. The van der Waals surface area contributed by atoms with Crippen molar-refractivity contribution < 1.29 is 9.90 Å². The summed E-state index contributed by atoms with van der Waals surface area (Å²) < 4.78 is 0. The van der Waals surface area contributed by atoms with Crippen molar-refractivity contribution in [2.24, 2.45) is 5.92 Å². The highest BCUT2D eigenvalue weighted by Crippen LogP contribution is 2.23. The standard InChI is InChI=1S/C14H21N3O2/c1-15-13-7-4-11(8-16-13)14(19)17-12-5-2-10(9-18)3-6-12/h4,7-8,10,12,18H,2-3,5-6,9H2,1H3,(H,15,16)(H,17,19). The molecule has 19 heavy (non-hydrogen) atoms. The molecule has 0 unspecified atom stereocenters. The third kappa shape index (κ3) is 3.67. The molecule has 0 aliphatic heterocycles. The highest BCUT2D eigenvalue weighted by Gasteiger charge is 2.22. The van der Waals surface area contributed by atoms with Gasteiger partial charge in [-0.05, 0) is 43.7 Å². The fourth-order valence-corrected chi connectivity index (χ4v) is 2.43. The number of hydrogen-bond acceptors (Lipinski definition) is 4. The van der Waals surface area contributed by atoms with Crippen molar-refractivity contribution in [3.05, 3.63) is 23.9 Å². The van der Waals surface area contributed by atoms with Gasteiger partial charge in [0.1, 0.15) is 5.82 Å². The summed E-state index contributed by atoms with van der Waals surface area (Å²) in [6.45, 7) is 0.260. The van der Waals surface area contributed by atoms with E-state index in [-0.39, 0.29) is 18.6 Å². The number of carbonyl (C=O) groups is 1. The van der Waals surface area contributed by atoms with Crippen LogP contribution in [0.25, 0.3) is 0 Å². The molecular formula is C14H21N3O2. The van der Waals surface area contributed by atoms with Crippen LogP contribution in [0, 0.1) is 5.92 Å². The quantitative estimate of drug-likeness (QED) is 0.767. The zero-order valence-corrected chi connectivity index (χ0v) is 11.2. The summed E-state index contributed by atoms with van der Waals surface area (Å²) in [7, 11) is 1.79. The Morgan fingerprint density at radius 3 is 2.63 bits per heavy atom. The molecule has 1 aliphatic carbocycles. The molecule has 104 valence electrons. The van der Waals surface area contributed by atoms with Crippen LogP contribution in [0.3, 0.4) is 0 Å². The van der Waals surface area contributed by atoms with E-state index in [1.54, 1.807) is 25.4 Å². The van der Waals surface area contributed by atoms with Crippen molar-refractivity contribution >= 4 is 11.7 Å². The first kappa shape index (κ1) is 13.8. The molecule has 1 amide bonds. The zero-order chi connectivity index (χ0) is 13.7. The van der Waals surface area contributed by atoms with Gasteiger partial charge in [-0.25, -0.2) is 4.98 Å². The van der Waals surface area contributed by atoms with Gasteiger partial charge in [-0.3, -0.25) is 4.79 Å². The third-order valence-corrected chi connectivity index (χ3v) is 3.72. The summed E-state index contributed by atoms with van der Waals surface area (Å²) in [5.74, 6) is 1.09. The van der Waals surface area contributed by atoms with Crippen LogP contribution in [-0.2, 0) is 0 Å². The Bertz CT molecular complexity index is 411. The number of nitrogens with zero attached hydrogens (tertiary/aromatic N) is 1. The minimum Gasteiger partial charge on any atom is -0.396 e. The minimum absolute atomic E-state index is 0.0670. The van der Waals surface area contributed by atoms with E-state index in [0.717, 1.165) is 31.5 Å². The lowest BCUT2D eigenvalue weighted by molar-refractivity contribution is 0.0913. The Balaban J connectivity index is 1.87. The maximum absolute atomic E-state index is 12.0. The van der Waals surface area contributed by atoms with Gasteiger partial charge in [0.05, 0.1) is 5.56 Å². The molecule has 5 nitrogen and oxygen atoms in total. The van der Waals surface area contributed by atoms with Gasteiger partial charge in [-0.15, -0.1) is 0 Å². The maximum Gasteiger partial charge on any atom is 0.253 e. The Morgan fingerprint density at radius 2 is 2.11 bits per heavy atom. The zero-order valence-electron chi connectivity index (χ0n) is 11.2. The fraction of sp³-hybridized carbons (Fsp3) is 0.571. The fourth-order valence-electron chi connectivity index (χ4n) is 2.43. The monoisotopic (exact) mass is 263 g/mol. The summed E-state index contributed by atoms with van der Waals surface area (Å²) in [5.41, 5.74) is 0.586. The Morgan fingerprint density at radius 1 is 1.37 bits per heavy atom. The number of rotatable bonds is 4. The molecule has 0 saturated heterocycles. The van der Waals surface area contributed by atoms with Gasteiger partial charge in [0.25, 0.3) is 5.91 Å². The first-order valence-electron chi connectivity index (χ1n) is 6.78. The third-order valence-electron chi connectivity index (χ3n) is 3.72. The second kappa shape index (κ2) is 6.52. The van der Waals surface area contributed by atoms with Gasteiger partial charge in [0.15, 0.2) is 0 Å². The number of amides is 1. The van der Waals surface area contributed by atoms with Crippen LogP contribution in [0.5, 0.6) is 0 Å². The predicted molar refractivity (Wildman–Crippen MR) is 74.1 cm³/mol. The molecule has 1 aliphatic rings. The van der Waals surface area contributed by atoms with Crippen molar-refractivity contribution in [2.75, 3.05) is 19.0 Å². The average Bonchev–Trinajstić information content (AvgIpc) is 2.48. The SMILES string of the molecule is CNc1ccc(C(=O)NC2CCC(CO)CC2)cn1. The maximum atomic E-state index is 12.0. The van der Waals surface area contributed by atoms with E-state index < -0.39 is 0 Å². The van der Waals surface area contributed by atoms with Crippen LogP contribution in [0.4, 0.5) is 5.82 Å². The predicted octanol–water partition coefficient (Wildman–Crippen LogP) is 1.40. The van der Waals surface area contributed by atoms with E-state index in [0.29, 0.717) is 11.5 Å². The first-order valence-corrected chi connectivity index (χ1v) is 6.78. The molecule has 0 aromatic carbocycles. The number of aliphatic hydroxyl groups is 1. The largest absolute Gasteiger partial charge is 0.396 e. The number of nitrogens with one attached hydrogen (secondary N) is 2. The van der Waals surface area contributed by atoms with Gasteiger partial charge in [0.2, 0.25) is 0 Å². The highest BCUT2D eigenvalue weighted by molar-refractivity contribution is 5.94. The lowest BCUT2D eigenvalue weighted by atomic mass is 9.86. The lowest BCUT2D eigenvalue weighted by Gasteiger charge is -2.27. The smallest absolute Gasteiger partial charge is 0.253 e. The number of carbonyl (C=O) groups excluding carboxylic acids is 1.